The van der Waals surface area contributed by atoms with E-state index in [0.29, 0.717) is 0 Å². The number of hydrogen-bond donors (Lipinski definition) is 0. The van der Waals surface area contributed by atoms with Crippen LogP contribution in [-0.4, -0.2) is 0 Å². The normalized spacial score (nSPS) is 6.40. The van der Waals surface area contributed by atoms with E-state index in [1.807, 2.05) is 13.0 Å². The van der Waals surface area contributed by atoms with Gasteiger partial charge < -0.3 is 0 Å². The summed E-state index contributed by atoms with van der Waals surface area (Å²) in [4.78, 5) is 0. The van der Waals surface area contributed by atoms with Gasteiger partial charge in [-0.3, -0.25) is 0 Å². The van der Waals surface area contributed by atoms with Crippen molar-refractivity contribution < 1.29 is 0 Å². The molecular weight excluding hydrogens is 62.1 g/mol. The summed E-state index contributed by atoms with van der Waals surface area (Å²) in [5.74, 6) is 0. The number of nitrogens with zero attached hydrogens (tertiary/aromatic N) is 1. The Morgan fingerprint density at radius 1 is 2.00 bits per heavy atom. The number of hydrogen-bond acceptors (Lipinski definition) is 1. The molecule has 0 rings (SSSR count). The molecule has 0 bridgehead atoms. The summed E-state index contributed by atoms with van der Waals surface area (Å²) in [6.07, 6.45) is 2.41. The molecule has 0 fully saturated rings. The third-order valence-electron chi connectivity index (χ3n) is 0.295. The van der Waals surface area contributed by atoms with Gasteiger partial charge in [-0.2, -0.15) is 5.26 Å². The summed E-state index contributed by atoms with van der Waals surface area (Å²) in [5, 5.41) is 7.76. The number of rotatable bonds is 1. The fourth-order valence-corrected chi connectivity index (χ4v) is 0.0913. The molecule has 0 saturated carbocycles. The summed E-state index contributed by atoms with van der Waals surface area (Å²) >= 11 is 0. The molecule has 0 N–H and O–H groups in total. The van der Waals surface area contributed by atoms with E-state index in [1.54, 1.807) is 6.42 Å². The first-order valence-corrected chi connectivity index (χ1v) is 1.63. The van der Waals surface area contributed by atoms with E-state index < -0.39 is 0 Å². The maximum absolute atomic E-state index is 7.76. The molecule has 0 aliphatic carbocycles. The third-order valence-corrected chi connectivity index (χ3v) is 0.295. The molecule has 27 valence electrons. The molecule has 1 nitrogen and oxygen atoms in total. The Kier molecular flexibility index (Phi) is 3.13. The van der Waals surface area contributed by atoms with Crippen LogP contribution < -0.4 is 0 Å². The Morgan fingerprint density at radius 3 is 2.60 bits per heavy atom. The monoisotopic (exact) mass is 68.1 g/mol. The lowest BCUT2D eigenvalue weighted by atomic mass is 10.4. The quantitative estimate of drug-likeness (QED) is 0.451. The van der Waals surface area contributed by atoms with Crippen LogP contribution in [-0.2, 0) is 0 Å². The van der Waals surface area contributed by atoms with Crippen molar-refractivity contribution in [2.24, 2.45) is 0 Å². The second-order valence-electron chi connectivity index (χ2n) is 0.741. The molecule has 0 saturated heterocycles. The summed E-state index contributed by atoms with van der Waals surface area (Å²) in [6, 6.07) is 1.89. The average Bonchev–Trinajstić information content (AvgIpc) is 1.41. The van der Waals surface area contributed by atoms with Gasteiger partial charge in [0, 0.05) is 0 Å². The van der Waals surface area contributed by atoms with Gasteiger partial charge in [-0.05, 0) is 6.42 Å². The second kappa shape index (κ2) is 3.49. The van der Waals surface area contributed by atoms with E-state index in [9.17, 15) is 0 Å². The van der Waals surface area contributed by atoms with Crippen molar-refractivity contribution >= 4 is 0 Å². The van der Waals surface area contributed by atoms with Crippen molar-refractivity contribution in [3.63, 3.8) is 0 Å². The van der Waals surface area contributed by atoms with Crippen LogP contribution in [0, 0.1) is 17.8 Å². The molecule has 1 heteroatoms. The molecule has 0 heterocycles. The van der Waals surface area contributed by atoms with Crippen molar-refractivity contribution in [2.75, 3.05) is 0 Å². The summed E-state index contributed by atoms with van der Waals surface area (Å²) in [5.41, 5.74) is 0. The van der Waals surface area contributed by atoms with Gasteiger partial charge >= 0.3 is 0 Å². The van der Waals surface area contributed by atoms with Crippen LogP contribution in [0.15, 0.2) is 0 Å². The molecule has 0 aliphatic rings. The first-order chi connectivity index (χ1) is 2.41. The van der Waals surface area contributed by atoms with Crippen LogP contribution in [0.4, 0.5) is 0 Å². The highest BCUT2D eigenvalue weighted by molar-refractivity contribution is 4.88. The Labute approximate surface area is 32.2 Å². The Morgan fingerprint density at radius 2 is 2.60 bits per heavy atom. The molecule has 0 unspecified atom stereocenters. The van der Waals surface area contributed by atoms with Crippen LogP contribution in [0.2, 0.25) is 0 Å². The van der Waals surface area contributed by atoms with Gasteiger partial charge in [0.05, 0.1) is 12.5 Å². The SMILES string of the molecule is CC[CH]C#N. The third kappa shape index (κ3) is 3.49. The van der Waals surface area contributed by atoms with Gasteiger partial charge in [0.2, 0.25) is 0 Å². The number of nitriles is 1. The largest absolute Gasteiger partial charge is 0.198 e. The summed E-state index contributed by atoms with van der Waals surface area (Å²) in [6.45, 7) is 1.93. The van der Waals surface area contributed by atoms with E-state index in [2.05, 4.69) is 0 Å². The maximum atomic E-state index is 7.76. The Balaban J connectivity index is 2.48. The zero-order chi connectivity index (χ0) is 4.12. The van der Waals surface area contributed by atoms with Gasteiger partial charge in [-0.25, -0.2) is 0 Å². The maximum Gasteiger partial charge on any atom is 0.0669 e. The van der Waals surface area contributed by atoms with Crippen LogP contribution in [0.25, 0.3) is 0 Å². The highest BCUT2D eigenvalue weighted by atomic mass is 14.2. The molecule has 0 aromatic carbocycles. The fourth-order valence-electron chi connectivity index (χ4n) is 0.0913. The van der Waals surface area contributed by atoms with Crippen LogP contribution in [0.1, 0.15) is 13.3 Å². The zero-order valence-corrected chi connectivity index (χ0v) is 3.23. The van der Waals surface area contributed by atoms with E-state index >= 15 is 0 Å². The van der Waals surface area contributed by atoms with Crippen LogP contribution in [0.3, 0.4) is 0 Å². The molecular formula is C4H6N. The smallest absolute Gasteiger partial charge is 0.0669 e. The van der Waals surface area contributed by atoms with Gasteiger partial charge in [0.15, 0.2) is 0 Å². The van der Waals surface area contributed by atoms with E-state index in [0.717, 1.165) is 6.42 Å². The minimum Gasteiger partial charge on any atom is -0.198 e. The lowest BCUT2D eigenvalue weighted by molar-refractivity contribution is 1.15. The minimum atomic E-state index is 0.858. The Hall–Kier alpha value is -0.510. The summed E-state index contributed by atoms with van der Waals surface area (Å²) in [7, 11) is 0. The molecule has 0 aliphatic heterocycles. The summed E-state index contributed by atoms with van der Waals surface area (Å²) < 4.78 is 0. The van der Waals surface area contributed by atoms with Crippen molar-refractivity contribution in [1.82, 2.24) is 0 Å². The lowest BCUT2D eigenvalue weighted by Gasteiger charge is -1.64. The molecule has 0 amide bonds. The molecule has 0 aromatic heterocycles. The van der Waals surface area contributed by atoms with Crippen molar-refractivity contribution in [1.29, 1.82) is 5.26 Å². The lowest BCUT2D eigenvalue weighted by Crippen LogP contribution is -1.56. The van der Waals surface area contributed by atoms with Gasteiger partial charge in [0.25, 0.3) is 0 Å². The molecule has 0 aromatic rings. The first kappa shape index (κ1) is 4.49. The first-order valence-electron chi connectivity index (χ1n) is 1.63. The molecule has 1 radical (unpaired) electrons. The highest BCUT2D eigenvalue weighted by Gasteiger charge is 1.66. The Bertz CT molecular complexity index is 42.1. The van der Waals surface area contributed by atoms with Gasteiger partial charge in [-0.15, -0.1) is 0 Å². The highest BCUT2D eigenvalue weighted by Crippen LogP contribution is 1.75. The van der Waals surface area contributed by atoms with Crippen LogP contribution in [0.5, 0.6) is 0 Å². The topological polar surface area (TPSA) is 23.8 Å². The standard InChI is InChI=1S/C4H6N/c1-2-3-4-5/h3H,2H2,1H3. The van der Waals surface area contributed by atoms with E-state index in [-0.39, 0.29) is 0 Å². The minimum absolute atomic E-state index is 0.858. The van der Waals surface area contributed by atoms with E-state index in [1.165, 1.54) is 0 Å². The predicted molar refractivity (Wildman–Crippen MR) is 20.2 cm³/mol. The van der Waals surface area contributed by atoms with Gasteiger partial charge in [-0.1, -0.05) is 6.92 Å². The van der Waals surface area contributed by atoms with Gasteiger partial charge in [0.1, 0.15) is 0 Å². The molecule has 5 heavy (non-hydrogen) atoms. The van der Waals surface area contributed by atoms with Crippen molar-refractivity contribution in [3.05, 3.63) is 6.42 Å². The van der Waals surface area contributed by atoms with Crippen LogP contribution >= 0.6 is 0 Å². The van der Waals surface area contributed by atoms with Crippen molar-refractivity contribution in [2.45, 2.75) is 13.3 Å². The molecule has 0 atom stereocenters. The predicted octanol–water partition coefficient (Wildman–Crippen LogP) is 1.12. The zero-order valence-electron chi connectivity index (χ0n) is 3.23. The van der Waals surface area contributed by atoms with Crippen molar-refractivity contribution in [3.8, 4) is 6.07 Å². The fraction of sp³-hybridized carbons (Fsp3) is 0.500. The second-order valence-corrected chi connectivity index (χ2v) is 0.741. The molecule has 0 spiro atoms. The number of unbranched alkanes of at least 4 members (excludes halogenated alkanes) is 1. The average molecular weight is 68.1 g/mol. The van der Waals surface area contributed by atoms with E-state index in [4.69, 9.17) is 5.26 Å².